The van der Waals surface area contributed by atoms with Crippen LogP contribution in [0.3, 0.4) is 0 Å². The van der Waals surface area contributed by atoms with E-state index in [0.29, 0.717) is 0 Å². The highest BCUT2D eigenvalue weighted by molar-refractivity contribution is 5.87. The number of nitrogens with one attached hydrogen (secondary N) is 1. The summed E-state index contributed by atoms with van der Waals surface area (Å²) >= 11 is 0. The normalized spacial score (nSPS) is 11.5. The van der Waals surface area contributed by atoms with Crippen LogP contribution < -0.4 is 10.1 Å². The molecule has 0 spiro atoms. The van der Waals surface area contributed by atoms with Crippen LogP contribution in [-0.4, -0.2) is 28.1 Å². The third-order valence-electron chi connectivity index (χ3n) is 3.86. The lowest BCUT2D eigenvalue weighted by atomic mass is 10.1. The minimum atomic E-state index is -0.270. The molecule has 0 aliphatic heterocycles. The third kappa shape index (κ3) is 3.82. The maximum absolute atomic E-state index is 12.5. The Kier molecular flexibility index (Phi) is 4.49. The van der Waals surface area contributed by atoms with Gasteiger partial charge in [0, 0.05) is 17.1 Å². The van der Waals surface area contributed by atoms with Gasteiger partial charge in [0.2, 0.25) is 5.91 Å². The maximum atomic E-state index is 12.5. The number of amides is 1. The van der Waals surface area contributed by atoms with Gasteiger partial charge in [-0.2, -0.15) is 0 Å². The summed E-state index contributed by atoms with van der Waals surface area (Å²) in [5.41, 5.74) is 2.51. The van der Waals surface area contributed by atoms with Crippen LogP contribution in [0.5, 0.6) is 5.75 Å². The Balaban J connectivity index is 2.04. The van der Waals surface area contributed by atoms with Crippen LogP contribution in [0, 0.1) is 0 Å². The van der Waals surface area contributed by atoms with Crippen LogP contribution >= 0.6 is 0 Å². The first-order valence-electron chi connectivity index (χ1n) is 8.27. The highest BCUT2D eigenvalue weighted by Crippen LogP contribution is 2.28. The number of hydrogen-bond acceptors (Lipinski definition) is 3. The number of ether oxygens (including phenoxy) is 1. The van der Waals surface area contributed by atoms with Gasteiger partial charge in [0.1, 0.15) is 17.9 Å². The van der Waals surface area contributed by atoms with Crippen LogP contribution in [0.4, 0.5) is 0 Å². The van der Waals surface area contributed by atoms with Crippen molar-refractivity contribution in [1.29, 1.82) is 0 Å². The zero-order valence-corrected chi connectivity index (χ0v) is 15.0. The van der Waals surface area contributed by atoms with Crippen molar-refractivity contribution >= 4 is 16.9 Å². The van der Waals surface area contributed by atoms with Crippen molar-refractivity contribution in [2.45, 2.75) is 32.9 Å². The summed E-state index contributed by atoms with van der Waals surface area (Å²) in [6, 6.07) is 13.8. The predicted molar refractivity (Wildman–Crippen MR) is 99.6 cm³/mol. The number of carbonyl (C=O) groups is 1. The van der Waals surface area contributed by atoms with Crippen LogP contribution in [0.25, 0.3) is 22.3 Å². The molecular weight excluding hydrogens is 314 g/mol. The first-order valence-corrected chi connectivity index (χ1v) is 8.27. The summed E-state index contributed by atoms with van der Waals surface area (Å²) in [5, 5.41) is 4.02. The Hall–Kier alpha value is -2.82. The summed E-state index contributed by atoms with van der Waals surface area (Å²) in [6.07, 6.45) is 1.75. The van der Waals surface area contributed by atoms with E-state index < -0.39 is 0 Å². The standard InChI is InChI=1S/C20H23N3O2/c1-20(2,3)22-18(24)13-23-17(12-15-6-5-11-21-19(15)23)14-7-9-16(25-4)10-8-14/h5-12H,13H2,1-4H3,(H,22,24). The molecule has 5 nitrogen and oxygen atoms in total. The van der Waals surface area contributed by atoms with Gasteiger partial charge in [-0.3, -0.25) is 4.79 Å². The SMILES string of the molecule is COc1ccc(-c2cc3cccnc3n2CC(=O)NC(C)(C)C)cc1. The molecule has 5 heteroatoms. The summed E-state index contributed by atoms with van der Waals surface area (Å²) in [6.45, 7) is 6.14. The molecule has 0 unspecified atom stereocenters. The molecule has 0 saturated carbocycles. The van der Waals surface area contributed by atoms with E-state index in [4.69, 9.17) is 4.74 Å². The number of pyridine rings is 1. The lowest BCUT2D eigenvalue weighted by Crippen LogP contribution is -2.42. The van der Waals surface area contributed by atoms with Gasteiger partial charge in [-0.25, -0.2) is 4.98 Å². The van der Waals surface area contributed by atoms with Crippen molar-refractivity contribution in [3.05, 3.63) is 48.7 Å². The molecular formula is C20H23N3O2. The van der Waals surface area contributed by atoms with Gasteiger partial charge in [0.05, 0.1) is 12.8 Å². The van der Waals surface area contributed by atoms with Gasteiger partial charge in [0.15, 0.2) is 0 Å². The Labute approximate surface area is 147 Å². The Morgan fingerprint density at radius 2 is 1.92 bits per heavy atom. The van der Waals surface area contributed by atoms with Crippen LogP contribution in [0.1, 0.15) is 20.8 Å². The first-order chi connectivity index (χ1) is 11.9. The van der Waals surface area contributed by atoms with E-state index in [-0.39, 0.29) is 18.0 Å². The summed E-state index contributed by atoms with van der Waals surface area (Å²) < 4.78 is 7.19. The molecule has 1 aromatic carbocycles. The van der Waals surface area contributed by atoms with Crippen molar-refractivity contribution in [3.8, 4) is 17.0 Å². The van der Waals surface area contributed by atoms with Crippen LogP contribution in [0.2, 0.25) is 0 Å². The summed E-state index contributed by atoms with van der Waals surface area (Å²) in [5.74, 6) is 0.764. The Bertz CT molecular complexity index is 889. The van der Waals surface area contributed by atoms with E-state index >= 15 is 0 Å². The van der Waals surface area contributed by atoms with Crippen LogP contribution in [-0.2, 0) is 11.3 Å². The number of hydrogen-bond donors (Lipinski definition) is 1. The van der Waals surface area contributed by atoms with E-state index in [1.54, 1.807) is 13.3 Å². The van der Waals surface area contributed by atoms with Gasteiger partial charge in [0.25, 0.3) is 0 Å². The number of aromatic nitrogens is 2. The quantitative estimate of drug-likeness (QED) is 0.791. The van der Waals surface area contributed by atoms with Crippen molar-refractivity contribution in [1.82, 2.24) is 14.9 Å². The average molecular weight is 337 g/mol. The molecule has 130 valence electrons. The molecule has 0 aliphatic rings. The van der Waals surface area contributed by atoms with Crippen molar-refractivity contribution < 1.29 is 9.53 Å². The molecule has 0 radical (unpaired) electrons. The molecule has 25 heavy (non-hydrogen) atoms. The minimum absolute atomic E-state index is 0.0367. The molecule has 1 N–H and O–H groups in total. The van der Waals surface area contributed by atoms with E-state index in [0.717, 1.165) is 28.0 Å². The number of nitrogens with zero attached hydrogens (tertiary/aromatic N) is 2. The predicted octanol–water partition coefficient (Wildman–Crippen LogP) is 3.63. The first kappa shape index (κ1) is 17.0. The average Bonchev–Trinajstić information content (AvgIpc) is 2.92. The largest absolute Gasteiger partial charge is 0.497 e. The molecule has 0 fully saturated rings. The molecule has 3 aromatic rings. The van der Waals surface area contributed by atoms with Gasteiger partial charge in [-0.1, -0.05) is 0 Å². The van der Waals surface area contributed by atoms with Crippen molar-refractivity contribution in [3.63, 3.8) is 0 Å². The molecule has 0 atom stereocenters. The molecule has 3 rings (SSSR count). The van der Waals surface area contributed by atoms with Gasteiger partial charge >= 0.3 is 0 Å². The molecule has 2 aromatic heterocycles. The highest BCUT2D eigenvalue weighted by Gasteiger charge is 2.18. The molecule has 0 aliphatic carbocycles. The number of benzene rings is 1. The number of fused-ring (bicyclic) bond motifs is 1. The van der Waals surface area contributed by atoms with Gasteiger partial charge in [-0.05, 0) is 68.8 Å². The topological polar surface area (TPSA) is 56.2 Å². The summed E-state index contributed by atoms with van der Waals surface area (Å²) in [7, 11) is 1.65. The van der Waals surface area contributed by atoms with Gasteiger partial charge in [-0.15, -0.1) is 0 Å². The molecule has 2 heterocycles. The number of carbonyl (C=O) groups excluding carboxylic acids is 1. The fourth-order valence-electron chi connectivity index (χ4n) is 2.85. The maximum Gasteiger partial charge on any atom is 0.240 e. The van der Waals surface area contributed by atoms with Gasteiger partial charge < -0.3 is 14.6 Å². The van der Waals surface area contributed by atoms with E-state index in [1.807, 2.05) is 61.7 Å². The molecule has 0 bridgehead atoms. The Morgan fingerprint density at radius 3 is 2.56 bits per heavy atom. The monoisotopic (exact) mass is 337 g/mol. The van der Waals surface area contributed by atoms with Crippen molar-refractivity contribution in [2.75, 3.05) is 7.11 Å². The van der Waals surface area contributed by atoms with E-state index in [9.17, 15) is 4.79 Å². The highest BCUT2D eigenvalue weighted by atomic mass is 16.5. The Morgan fingerprint density at radius 1 is 1.20 bits per heavy atom. The van der Waals surface area contributed by atoms with Crippen LogP contribution in [0.15, 0.2) is 48.7 Å². The third-order valence-corrected chi connectivity index (χ3v) is 3.86. The molecule has 1 amide bonds. The minimum Gasteiger partial charge on any atom is -0.497 e. The lowest BCUT2D eigenvalue weighted by Gasteiger charge is -2.21. The fourth-order valence-corrected chi connectivity index (χ4v) is 2.85. The number of methoxy groups -OCH3 is 1. The zero-order chi connectivity index (χ0) is 18.0. The van der Waals surface area contributed by atoms with E-state index in [2.05, 4.69) is 16.4 Å². The second kappa shape index (κ2) is 6.59. The zero-order valence-electron chi connectivity index (χ0n) is 15.0. The second-order valence-electron chi connectivity index (χ2n) is 7.06. The lowest BCUT2D eigenvalue weighted by molar-refractivity contribution is -0.123. The van der Waals surface area contributed by atoms with Crippen molar-refractivity contribution in [2.24, 2.45) is 0 Å². The second-order valence-corrected chi connectivity index (χ2v) is 7.06. The number of rotatable bonds is 4. The fraction of sp³-hybridized carbons (Fsp3) is 0.300. The summed E-state index contributed by atoms with van der Waals surface area (Å²) in [4.78, 5) is 16.9. The molecule has 0 saturated heterocycles. The smallest absolute Gasteiger partial charge is 0.240 e. The van der Waals surface area contributed by atoms with E-state index in [1.165, 1.54) is 0 Å².